The van der Waals surface area contributed by atoms with Gasteiger partial charge in [0.1, 0.15) is 22.5 Å². The highest BCUT2D eigenvalue weighted by atomic mass is 16.5. The molecule has 0 saturated heterocycles. The summed E-state index contributed by atoms with van der Waals surface area (Å²) in [5.41, 5.74) is 4.75. The van der Waals surface area contributed by atoms with Crippen molar-refractivity contribution >= 4 is 16.7 Å². The number of benzene rings is 3. The molecule has 1 N–H and O–H groups in total. The van der Waals surface area contributed by atoms with Gasteiger partial charge in [0.2, 0.25) is 0 Å². The lowest BCUT2D eigenvalue weighted by atomic mass is 10.1. The number of anilines is 1. The Morgan fingerprint density at radius 1 is 0.786 bits per heavy atom. The first kappa shape index (κ1) is 17.9. The zero-order valence-corrected chi connectivity index (χ0v) is 16.1. The summed E-state index contributed by atoms with van der Waals surface area (Å²) in [7, 11) is 3.32. The van der Waals surface area contributed by atoms with Gasteiger partial charge in [0.25, 0.3) is 0 Å². The van der Waals surface area contributed by atoms with Crippen LogP contribution in [0.1, 0.15) is 18.5 Å². The molecule has 0 aliphatic carbocycles. The zero-order chi connectivity index (χ0) is 19.5. The van der Waals surface area contributed by atoms with Crippen LogP contribution in [0.2, 0.25) is 0 Å². The maximum absolute atomic E-state index is 5.22. The average Bonchev–Trinajstić information content (AvgIpc) is 3.17. The summed E-state index contributed by atoms with van der Waals surface area (Å²) in [5, 5.41) is 12.7. The second kappa shape index (κ2) is 7.60. The fourth-order valence-corrected chi connectivity index (χ4v) is 3.06. The number of nitrogens with one attached hydrogen (secondary N) is 1. The maximum Gasteiger partial charge on any atom is 0.119 e. The Labute approximate surface area is 163 Å². The molecule has 0 bridgehead atoms. The molecule has 0 radical (unpaired) electrons. The smallest absolute Gasteiger partial charge is 0.119 e. The third kappa shape index (κ3) is 3.62. The van der Waals surface area contributed by atoms with E-state index < -0.39 is 0 Å². The molecule has 0 fully saturated rings. The zero-order valence-electron chi connectivity index (χ0n) is 16.1. The predicted molar refractivity (Wildman–Crippen MR) is 110 cm³/mol. The van der Waals surface area contributed by atoms with Gasteiger partial charge in [-0.2, -0.15) is 4.80 Å². The highest BCUT2D eigenvalue weighted by molar-refractivity contribution is 5.78. The van der Waals surface area contributed by atoms with E-state index in [1.165, 1.54) is 5.56 Å². The van der Waals surface area contributed by atoms with E-state index in [2.05, 4.69) is 34.6 Å². The van der Waals surface area contributed by atoms with Crippen LogP contribution >= 0.6 is 0 Å². The highest BCUT2D eigenvalue weighted by Gasteiger charge is 2.09. The van der Waals surface area contributed by atoms with Gasteiger partial charge >= 0.3 is 0 Å². The quantitative estimate of drug-likeness (QED) is 0.534. The van der Waals surface area contributed by atoms with Crippen molar-refractivity contribution in [2.24, 2.45) is 0 Å². The van der Waals surface area contributed by atoms with Crippen LogP contribution in [0.5, 0.6) is 11.5 Å². The number of ether oxygens (including phenoxy) is 2. The summed E-state index contributed by atoms with van der Waals surface area (Å²) in [5.74, 6) is 1.66. The van der Waals surface area contributed by atoms with Crippen LogP contribution in [0.3, 0.4) is 0 Å². The Morgan fingerprint density at radius 3 is 2.04 bits per heavy atom. The number of hydrogen-bond donors (Lipinski definition) is 1. The average molecular weight is 374 g/mol. The number of methoxy groups -OCH3 is 2. The molecule has 0 saturated carbocycles. The summed E-state index contributed by atoms with van der Waals surface area (Å²) < 4.78 is 10.4. The van der Waals surface area contributed by atoms with Crippen molar-refractivity contribution in [2.45, 2.75) is 13.0 Å². The van der Waals surface area contributed by atoms with Crippen molar-refractivity contribution in [2.75, 3.05) is 19.5 Å². The van der Waals surface area contributed by atoms with Crippen LogP contribution in [-0.2, 0) is 0 Å². The van der Waals surface area contributed by atoms with Crippen LogP contribution in [0.25, 0.3) is 16.7 Å². The molecule has 6 heteroatoms. The number of fused-ring (bicyclic) bond motifs is 1. The van der Waals surface area contributed by atoms with Crippen molar-refractivity contribution < 1.29 is 9.47 Å². The summed E-state index contributed by atoms with van der Waals surface area (Å²) >= 11 is 0. The van der Waals surface area contributed by atoms with E-state index in [1.54, 1.807) is 19.0 Å². The van der Waals surface area contributed by atoms with Crippen molar-refractivity contribution in [1.29, 1.82) is 0 Å². The maximum atomic E-state index is 5.22. The monoisotopic (exact) mass is 374 g/mol. The Kier molecular flexibility index (Phi) is 4.85. The SMILES string of the molecule is COc1ccc(C(C)Nc2ccc3nn(-c4ccc(OC)cc4)nc3c2)cc1. The molecule has 1 heterocycles. The summed E-state index contributed by atoms with van der Waals surface area (Å²) in [6.45, 7) is 2.13. The molecular weight excluding hydrogens is 352 g/mol. The van der Waals surface area contributed by atoms with Gasteiger partial charge in [-0.15, -0.1) is 10.2 Å². The number of hydrogen-bond acceptors (Lipinski definition) is 5. The Balaban J connectivity index is 1.55. The minimum Gasteiger partial charge on any atom is -0.497 e. The standard InChI is InChI=1S/C22H22N4O2/c1-15(16-4-9-19(27-2)10-5-16)23-17-6-13-21-22(14-17)25-26(24-21)18-7-11-20(28-3)12-8-18/h4-15,23H,1-3H3. The lowest BCUT2D eigenvalue weighted by Crippen LogP contribution is -2.06. The minimum absolute atomic E-state index is 0.153. The summed E-state index contributed by atoms with van der Waals surface area (Å²) in [6.07, 6.45) is 0. The lowest BCUT2D eigenvalue weighted by Gasteiger charge is -2.16. The molecule has 142 valence electrons. The Bertz CT molecular complexity index is 1070. The second-order valence-electron chi connectivity index (χ2n) is 6.53. The van der Waals surface area contributed by atoms with Crippen LogP contribution in [-0.4, -0.2) is 29.2 Å². The minimum atomic E-state index is 0.153. The van der Waals surface area contributed by atoms with Gasteiger partial charge in [0, 0.05) is 11.7 Å². The van der Waals surface area contributed by atoms with Gasteiger partial charge in [-0.05, 0) is 67.1 Å². The van der Waals surface area contributed by atoms with Crippen LogP contribution in [0.4, 0.5) is 5.69 Å². The predicted octanol–water partition coefficient (Wildman–Crippen LogP) is 4.61. The van der Waals surface area contributed by atoms with Crippen LogP contribution in [0, 0.1) is 0 Å². The van der Waals surface area contributed by atoms with Crippen LogP contribution < -0.4 is 14.8 Å². The van der Waals surface area contributed by atoms with Gasteiger partial charge in [-0.1, -0.05) is 12.1 Å². The molecular formula is C22H22N4O2. The third-order valence-electron chi connectivity index (χ3n) is 4.68. The van der Waals surface area contributed by atoms with Gasteiger partial charge in [0.15, 0.2) is 0 Å². The first-order chi connectivity index (χ1) is 13.7. The van der Waals surface area contributed by atoms with Crippen molar-refractivity contribution in [3.05, 3.63) is 72.3 Å². The molecule has 28 heavy (non-hydrogen) atoms. The van der Waals surface area contributed by atoms with Crippen molar-refractivity contribution in [3.63, 3.8) is 0 Å². The van der Waals surface area contributed by atoms with Gasteiger partial charge in [-0.3, -0.25) is 0 Å². The van der Waals surface area contributed by atoms with E-state index >= 15 is 0 Å². The van der Waals surface area contributed by atoms with Gasteiger partial charge in [0.05, 0.1) is 19.9 Å². The molecule has 6 nitrogen and oxygen atoms in total. The summed E-state index contributed by atoms with van der Waals surface area (Å²) in [4.78, 5) is 1.64. The molecule has 4 aromatic rings. The second-order valence-corrected chi connectivity index (χ2v) is 6.53. The largest absolute Gasteiger partial charge is 0.497 e. The molecule has 0 aliphatic rings. The normalized spacial score (nSPS) is 12.0. The lowest BCUT2D eigenvalue weighted by molar-refractivity contribution is 0.414. The topological polar surface area (TPSA) is 61.2 Å². The Morgan fingerprint density at radius 2 is 1.39 bits per heavy atom. The molecule has 4 rings (SSSR count). The molecule has 3 aromatic carbocycles. The number of rotatable bonds is 6. The van der Waals surface area contributed by atoms with E-state index in [0.29, 0.717) is 0 Å². The fraction of sp³-hybridized carbons (Fsp3) is 0.182. The molecule has 1 aromatic heterocycles. The van der Waals surface area contributed by atoms with Crippen molar-refractivity contribution in [1.82, 2.24) is 15.0 Å². The third-order valence-corrected chi connectivity index (χ3v) is 4.68. The van der Waals surface area contributed by atoms with Crippen LogP contribution in [0.15, 0.2) is 66.7 Å². The summed E-state index contributed by atoms with van der Waals surface area (Å²) in [6, 6.07) is 21.9. The molecule has 0 aliphatic heterocycles. The van der Waals surface area contributed by atoms with E-state index in [9.17, 15) is 0 Å². The first-order valence-electron chi connectivity index (χ1n) is 9.08. The van der Waals surface area contributed by atoms with Crippen molar-refractivity contribution in [3.8, 4) is 17.2 Å². The highest BCUT2D eigenvalue weighted by Crippen LogP contribution is 2.24. The molecule has 1 atom stereocenters. The van der Waals surface area contributed by atoms with Gasteiger partial charge in [-0.25, -0.2) is 0 Å². The fourth-order valence-electron chi connectivity index (χ4n) is 3.06. The molecule has 0 amide bonds. The molecule has 0 spiro atoms. The number of aromatic nitrogens is 3. The van der Waals surface area contributed by atoms with E-state index in [-0.39, 0.29) is 6.04 Å². The molecule has 1 unspecified atom stereocenters. The van der Waals surface area contributed by atoms with E-state index in [4.69, 9.17) is 9.47 Å². The van der Waals surface area contributed by atoms with E-state index in [1.807, 2.05) is 54.6 Å². The first-order valence-corrected chi connectivity index (χ1v) is 9.08. The van der Waals surface area contributed by atoms with E-state index in [0.717, 1.165) is 33.9 Å². The van der Waals surface area contributed by atoms with Gasteiger partial charge < -0.3 is 14.8 Å². The Hall–Kier alpha value is -3.54. The number of nitrogens with zero attached hydrogens (tertiary/aromatic N) is 3.